The first kappa shape index (κ1) is 12.2. The van der Waals surface area contributed by atoms with E-state index in [0.29, 0.717) is 0 Å². The van der Waals surface area contributed by atoms with Crippen LogP contribution in [0.4, 0.5) is 0 Å². The summed E-state index contributed by atoms with van der Waals surface area (Å²) < 4.78 is 4.29. The second-order valence-electron chi connectivity index (χ2n) is 5.32. The quantitative estimate of drug-likeness (QED) is 0.435. The molecule has 0 saturated carbocycles. The second kappa shape index (κ2) is 4.32. The predicted molar refractivity (Wildman–Crippen MR) is 74.8 cm³/mol. The van der Waals surface area contributed by atoms with Crippen molar-refractivity contribution in [3.8, 4) is 0 Å². The summed E-state index contributed by atoms with van der Waals surface area (Å²) in [6.07, 6.45) is 1.40. The molecule has 1 aliphatic heterocycles. The second-order valence-corrected chi connectivity index (χ2v) is 16.2. The van der Waals surface area contributed by atoms with Gasteiger partial charge in [-0.2, -0.15) is 0 Å². The minimum atomic E-state index is -0.950. The van der Waals surface area contributed by atoms with E-state index in [1.165, 1.54) is 17.4 Å². The zero-order valence-electron chi connectivity index (χ0n) is 9.36. The predicted octanol–water partition coefficient (Wildman–Crippen LogP) is 3.54. The summed E-state index contributed by atoms with van der Waals surface area (Å²) in [5.74, 6) is 0. The van der Waals surface area contributed by atoms with Crippen LogP contribution in [0.15, 0.2) is 0 Å². The maximum absolute atomic E-state index is 2.97. The molecule has 0 radical (unpaired) electrons. The summed E-state index contributed by atoms with van der Waals surface area (Å²) in [6, 6.07) is 3.10. The maximum atomic E-state index is 2.97. The monoisotopic (exact) mass is 327 g/mol. The first-order valence-corrected chi connectivity index (χ1v) is 13.1. The van der Waals surface area contributed by atoms with Crippen LogP contribution >= 0.6 is 22.6 Å². The smallest absolute Gasteiger partial charge is 0.115 e. The molecule has 0 unspecified atom stereocenters. The Morgan fingerprint density at radius 1 is 1.08 bits per heavy atom. The third-order valence-electron chi connectivity index (χ3n) is 3.33. The Hall–Kier alpha value is 1.12. The first-order valence-electron chi connectivity index (χ1n) is 5.24. The van der Waals surface area contributed by atoms with E-state index >= 15 is 0 Å². The molecule has 0 aromatic heterocycles. The van der Waals surface area contributed by atoms with Crippen molar-refractivity contribution in [3.63, 3.8) is 0 Å². The molecule has 0 spiro atoms. The normalized spacial score (nSPS) is 26.5. The Bertz CT molecular complexity index is 166. The first-order chi connectivity index (χ1) is 5.90. The van der Waals surface area contributed by atoms with Crippen molar-refractivity contribution in [2.45, 2.75) is 44.7 Å². The van der Waals surface area contributed by atoms with Gasteiger partial charge in [0.1, 0.15) is 16.5 Å². The van der Waals surface area contributed by atoms with Crippen LogP contribution in [-0.2, 0) is 0 Å². The number of alkyl halides is 1. The fourth-order valence-electron chi connectivity index (χ4n) is 2.52. The van der Waals surface area contributed by atoms with Crippen molar-refractivity contribution in [1.82, 2.24) is 4.23 Å². The minimum absolute atomic E-state index is 0.950. The van der Waals surface area contributed by atoms with Crippen LogP contribution in [0.2, 0.25) is 38.3 Å². The lowest BCUT2D eigenvalue weighted by Crippen LogP contribution is -2.55. The molecule has 1 heterocycles. The Kier molecular flexibility index (Phi) is 4.06. The molecule has 0 amide bonds. The number of halogens is 1. The van der Waals surface area contributed by atoms with E-state index in [0.717, 1.165) is 0 Å². The highest BCUT2D eigenvalue weighted by molar-refractivity contribution is 14.1. The van der Waals surface area contributed by atoms with Gasteiger partial charge in [0.05, 0.1) is 0 Å². The Morgan fingerprint density at radius 2 is 1.54 bits per heavy atom. The molecular weight excluding hydrogens is 305 g/mol. The third kappa shape index (κ3) is 2.79. The van der Waals surface area contributed by atoms with E-state index in [2.05, 4.69) is 53.0 Å². The van der Waals surface area contributed by atoms with Gasteiger partial charge in [0.25, 0.3) is 0 Å². The van der Waals surface area contributed by atoms with Crippen LogP contribution in [0, 0.1) is 0 Å². The van der Waals surface area contributed by atoms with E-state index in [1.54, 1.807) is 12.1 Å². The lowest BCUT2D eigenvalue weighted by atomic mass is 10.5. The van der Waals surface area contributed by atoms with Gasteiger partial charge in [-0.1, -0.05) is 48.8 Å². The van der Waals surface area contributed by atoms with Crippen LogP contribution in [0.25, 0.3) is 0 Å². The molecule has 0 aromatic rings. The third-order valence-corrected chi connectivity index (χ3v) is 14.5. The van der Waals surface area contributed by atoms with Gasteiger partial charge in [0.2, 0.25) is 0 Å². The van der Waals surface area contributed by atoms with Gasteiger partial charge in [0, 0.05) is 4.43 Å². The van der Waals surface area contributed by atoms with Gasteiger partial charge in [-0.25, -0.2) is 0 Å². The molecule has 4 heteroatoms. The highest BCUT2D eigenvalue weighted by Gasteiger charge is 2.46. The van der Waals surface area contributed by atoms with Gasteiger partial charge in [0.15, 0.2) is 0 Å². The lowest BCUT2D eigenvalue weighted by Gasteiger charge is -2.38. The van der Waals surface area contributed by atoms with E-state index in [4.69, 9.17) is 0 Å². The zero-order chi connectivity index (χ0) is 10.1. The SMILES string of the molecule is C[Si]1(C)CC[Si](C)(C)N1CCCI. The molecule has 1 nitrogen and oxygen atoms in total. The molecule has 0 aliphatic carbocycles. The molecular formula is C9H22INSi2. The van der Waals surface area contributed by atoms with E-state index < -0.39 is 16.5 Å². The molecule has 78 valence electrons. The van der Waals surface area contributed by atoms with Crippen molar-refractivity contribution in [2.75, 3.05) is 11.0 Å². The summed E-state index contributed by atoms with van der Waals surface area (Å²) in [5, 5.41) is 0. The molecule has 0 atom stereocenters. The van der Waals surface area contributed by atoms with Gasteiger partial charge in [-0.05, 0) is 25.1 Å². The largest absolute Gasteiger partial charge is 0.345 e. The van der Waals surface area contributed by atoms with Gasteiger partial charge in [-0.3, -0.25) is 0 Å². The molecule has 0 N–H and O–H groups in total. The minimum Gasteiger partial charge on any atom is -0.345 e. The zero-order valence-corrected chi connectivity index (χ0v) is 13.5. The van der Waals surface area contributed by atoms with Crippen LogP contribution in [0.5, 0.6) is 0 Å². The topological polar surface area (TPSA) is 3.24 Å². The van der Waals surface area contributed by atoms with Crippen molar-refractivity contribution in [2.24, 2.45) is 0 Å². The molecule has 0 bridgehead atoms. The van der Waals surface area contributed by atoms with Gasteiger partial charge < -0.3 is 4.23 Å². The van der Waals surface area contributed by atoms with Crippen LogP contribution < -0.4 is 0 Å². The average molecular weight is 327 g/mol. The molecule has 1 saturated heterocycles. The Labute approximate surface area is 98.6 Å². The fraction of sp³-hybridized carbons (Fsp3) is 1.00. The summed E-state index contributed by atoms with van der Waals surface area (Å²) in [5.41, 5.74) is 0. The van der Waals surface area contributed by atoms with Crippen LogP contribution in [-0.4, -0.2) is 31.7 Å². The van der Waals surface area contributed by atoms with Crippen LogP contribution in [0.1, 0.15) is 6.42 Å². The Morgan fingerprint density at radius 3 is 1.92 bits per heavy atom. The summed E-state index contributed by atoms with van der Waals surface area (Å²) in [6.45, 7) is 11.6. The van der Waals surface area contributed by atoms with Crippen molar-refractivity contribution >= 4 is 39.1 Å². The summed E-state index contributed by atoms with van der Waals surface area (Å²) in [4.78, 5) is 0. The van der Waals surface area contributed by atoms with Crippen LogP contribution in [0.3, 0.4) is 0 Å². The number of hydrogen-bond acceptors (Lipinski definition) is 1. The summed E-state index contributed by atoms with van der Waals surface area (Å²) >= 11 is 2.50. The van der Waals surface area contributed by atoms with E-state index in [9.17, 15) is 0 Å². The van der Waals surface area contributed by atoms with Crippen molar-refractivity contribution < 1.29 is 0 Å². The summed E-state index contributed by atoms with van der Waals surface area (Å²) in [7, 11) is -1.90. The highest BCUT2D eigenvalue weighted by Crippen LogP contribution is 2.36. The van der Waals surface area contributed by atoms with E-state index in [-0.39, 0.29) is 0 Å². The molecule has 13 heavy (non-hydrogen) atoms. The maximum Gasteiger partial charge on any atom is 0.115 e. The Balaban J connectivity index is 2.64. The molecule has 1 aliphatic rings. The number of hydrogen-bond donors (Lipinski definition) is 0. The van der Waals surface area contributed by atoms with E-state index in [1.807, 2.05) is 0 Å². The number of rotatable bonds is 3. The fourth-order valence-corrected chi connectivity index (χ4v) is 17.1. The van der Waals surface area contributed by atoms with Crippen molar-refractivity contribution in [1.29, 1.82) is 0 Å². The van der Waals surface area contributed by atoms with Gasteiger partial charge in [-0.15, -0.1) is 0 Å². The van der Waals surface area contributed by atoms with Crippen molar-refractivity contribution in [3.05, 3.63) is 0 Å². The average Bonchev–Trinajstić information content (AvgIpc) is 2.20. The lowest BCUT2D eigenvalue weighted by molar-refractivity contribution is 0.618. The van der Waals surface area contributed by atoms with Gasteiger partial charge >= 0.3 is 0 Å². The molecule has 1 fully saturated rings. The molecule has 1 rings (SSSR count). The molecule has 0 aromatic carbocycles. The number of nitrogens with zero attached hydrogens (tertiary/aromatic N) is 1. The standard InChI is InChI=1S/C9H22INSi2/c1-12(2)8-9-13(3,4)11(12)7-5-6-10/h5-9H2,1-4H3. The highest BCUT2D eigenvalue weighted by atomic mass is 127.